The molecule has 0 bridgehead atoms. The molecule has 0 saturated heterocycles. The Morgan fingerprint density at radius 2 is 1.65 bits per heavy atom. The molecule has 0 spiro atoms. The minimum Gasteiger partial charge on any atom is -0.497 e. The number of para-hydroxylation sites is 1. The molecule has 9 nitrogen and oxygen atoms in total. The number of carbonyl (C=O) groups excluding carboxylic acids is 1. The Balaban J connectivity index is 1.51. The molecule has 0 aliphatic heterocycles. The van der Waals surface area contributed by atoms with Crippen molar-refractivity contribution in [2.45, 2.75) is 12.1 Å². The molecule has 1 N–H and O–H groups in total. The summed E-state index contributed by atoms with van der Waals surface area (Å²) in [6.07, 6.45) is 1.56. The molecule has 0 unspecified atom stereocenters. The van der Waals surface area contributed by atoms with Crippen LogP contribution in [-0.2, 0) is 4.79 Å². The third-order valence-corrected chi connectivity index (χ3v) is 6.19. The van der Waals surface area contributed by atoms with Crippen LogP contribution in [0.3, 0.4) is 0 Å². The van der Waals surface area contributed by atoms with Gasteiger partial charge < -0.3 is 14.2 Å². The van der Waals surface area contributed by atoms with Crippen LogP contribution in [0.4, 0.5) is 0 Å². The molecule has 4 aromatic rings. The lowest BCUT2D eigenvalue weighted by Gasteiger charge is -2.11. The smallest absolute Gasteiger partial charge is 0.250 e. The van der Waals surface area contributed by atoms with E-state index < -0.39 is 0 Å². The van der Waals surface area contributed by atoms with Crippen LogP contribution < -0.4 is 19.6 Å². The molecular weight excluding hydrogens is 490 g/mol. The number of nitrogens with zero attached hydrogens (tertiary/aromatic N) is 4. The lowest BCUT2D eigenvalue weighted by Crippen LogP contribution is -2.20. The summed E-state index contributed by atoms with van der Waals surface area (Å²) in [5.74, 6) is 2.65. The van der Waals surface area contributed by atoms with Crippen molar-refractivity contribution in [3.63, 3.8) is 0 Å². The summed E-state index contributed by atoms with van der Waals surface area (Å²) in [6.45, 7) is 2.46. The van der Waals surface area contributed by atoms with Crippen molar-refractivity contribution in [1.82, 2.24) is 20.2 Å². The fourth-order valence-corrected chi connectivity index (χ4v) is 4.21. The summed E-state index contributed by atoms with van der Waals surface area (Å²) < 4.78 is 18.0. The zero-order valence-corrected chi connectivity index (χ0v) is 21.6. The van der Waals surface area contributed by atoms with E-state index in [0.717, 1.165) is 28.3 Å². The molecule has 0 aliphatic rings. The van der Waals surface area contributed by atoms with Crippen LogP contribution in [0.1, 0.15) is 12.5 Å². The molecule has 1 aromatic heterocycles. The molecule has 37 heavy (non-hydrogen) atoms. The number of amides is 1. The quantitative estimate of drug-likeness (QED) is 0.176. The number of nitrogens with one attached hydrogen (secondary N) is 1. The van der Waals surface area contributed by atoms with Gasteiger partial charge in [-0.1, -0.05) is 23.9 Å². The predicted octanol–water partition coefficient (Wildman–Crippen LogP) is 4.59. The largest absolute Gasteiger partial charge is 0.497 e. The summed E-state index contributed by atoms with van der Waals surface area (Å²) in [4.78, 5) is 12.5. The molecule has 190 valence electrons. The molecule has 3 aromatic carbocycles. The normalized spacial score (nSPS) is 10.9. The topological polar surface area (TPSA) is 99.9 Å². The first-order valence-electron chi connectivity index (χ1n) is 11.5. The molecule has 1 heterocycles. The van der Waals surface area contributed by atoms with Crippen molar-refractivity contribution in [1.29, 1.82) is 0 Å². The number of carbonyl (C=O) groups is 1. The zero-order valence-electron chi connectivity index (χ0n) is 20.7. The van der Waals surface area contributed by atoms with E-state index in [9.17, 15) is 4.79 Å². The van der Waals surface area contributed by atoms with Crippen molar-refractivity contribution in [3.05, 3.63) is 78.4 Å². The Morgan fingerprint density at radius 1 is 0.973 bits per heavy atom. The Hall–Kier alpha value is -4.31. The molecule has 1 amide bonds. The van der Waals surface area contributed by atoms with Crippen LogP contribution in [0.5, 0.6) is 17.2 Å². The minimum atomic E-state index is -0.273. The summed E-state index contributed by atoms with van der Waals surface area (Å²) in [5, 5.41) is 13.4. The highest BCUT2D eigenvalue weighted by molar-refractivity contribution is 7.99. The van der Waals surface area contributed by atoms with Crippen LogP contribution in [0.25, 0.3) is 17.1 Å². The highest BCUT2D eigenvalue weighted by Crippen LogP contribution is 2.29. The van der Waals surface area contributed by atoms with Gasteiger partial charge in [0.1, 0.15) is 17.2 Å². The summed E-state index contributed by atoms with van der Waals surface area (Å²) >= 11 is 1.26. The highest BCUT2D eigenvalue weighted by Gasteiger charge is 2.17. The molecule has 0 atom stereocenters. The Bertz CT molecular complexity index is 1350. The minimum absolute atomic E-state index is 0.0986. The zero-order chi connectivity index (χ0) is 26.0. The van der Waals surface area contributed by atoms with Gasteiger partial charge in [0.15, 0.2) is 11.0 Å². The van der Waals surface area contributed by atoms with Gasteiger partial charge in [-0.2, -0.15) is 5.10 Å². The predicted molar refractivity (Wildman–Crippen MR) is 144 cm³/mol. The van der Waals surface area contributed by atoms with Gasteiger partial charge in [0.2, 0.25) is 0 Å². The van der Waals surface area contributed by atoms with E-state index in [0.29, 0.717) is 23.3 Å². The highest BCUT2D eigenvalue weighted by atomic mass is 32.2. The number of aromatic nitrogens is 3. The molecule has 0 radical (unpaired) electrons. The monoisotopic (exact) mass is 517 g/mol. The second-order valence-corrected chi connectivity index (χ2v) is 8.56. The molecule has 0 aliphatic carbocycles. The number of benzene rings is 3. The fourth-order valence-electron chi connectivity index (χ4n) is 3.46. The maximum atomic E-state index is 12.5. The van der Waals surface area contributed by atoms with Gasteiger partial charge in [0.05, 0.1) is 32.8 Å². The van der Waals surface area contributed by atoms with E-state index >= 15 is 0 Å². The molecule has 0 fully saturated rings. The number of rotatable bonds is 11. The second kappa shape index (κ2) is 12.6. The number of ether oxygens (including phenoxy) is 3. The maximum absolute atomic E-state index is 12.5. The van der Waals surface area contributed by atoms with Gasteiger partial charge in [-0.05, 0) is 67.6 Å². The van der Waals surface area contributed by atoms with E-state index in [4.69, 9.17) is 14.2 Å². The van der Waals surface area contributed by atoms with Crippen LogP contribution in [0.2, 0.25) is 0 Å². The van der Waals surface area contributed by atoms with E-state index in [-0.39, 0.29) is 11.7 Å². The maximum Gasteiger partial charge on any atom is 0.250 e. The van der Waals surface area contributed by atoms with Gasteiger partial charge >= 0.3 is 0 Å². The number of thioether (sulfide) groups is 1. The third kappa shape index (κ3) is 6.47. The van der Waals surface area contributed by atoms with Crippen LogP contribution in [-0.4, -0.2) is 53.5 Å². The van der Waals surface area contributed by atoms with Crippen molar-refractivity contribution >= 4 is 23.9 Å². The van der Waals surface area contributed by atoms with E-state index in [2.05, 4.69) is 20.7 Å². The second-order valence-electron chi connectivity index (χ2n) is 7.62. The lowest BCUT2D eigenvalue weighted by molar-refractivity contribution is -0.118. The fraction of sp³-hybridized carbons (Fsp3) is 0.185. The van der Waals surface area contributed by atoms with Gasteiger partial charge in [-0.15, -0.1) is 10.2 Å². The van der Waals surface area contributed by atoms with E-state index in [1.165, 1.54) is 11.8 Å². The van der Waals surface area contributed by atoms with Gasteiger partial charge in [-0.3, -0.25) is 9.36 Å². The summed E-state index contributed by atoms with van der Waals surface area (Å²) in [6, 6.07) is 22.6. The van der Waals surface area contributed by atoms with E-state index in [1.807, 2.05) is 84.3 Å². The first-order chi connectivity index (χ1) is 18.1. The van der Waals surface area contributed by atoms with Crippen molar-refractivity contribution in [2.75, 3.05) is 26.6 Å². The third-order valence-electron chi connectivity index (χ3n) is 5.26. The van der Waals surface area contributed by atoms with Gasteiger partial charge in [-0.25, -0.2) is 5.43 Å². The SMILES string of the molecule is CCOc1ccccc1/C=N\NC(=O)CSc1nnc(-c2ccc(OC)cc2)n1-c1ccc(OC)cc1. The van der Waals surface area contributed by atoms with Crippen molar-refractivity contribution < 1.29 is 19.0 Å². The first-order valence-corrected chi connectivity index (χ1v) is 12.5. The number of methoxy groups -OCH3 is 2. The molecule has 10 heteroatoms. The van der Waals surface area contributed by atoms with Gasteiger partial charge in [0, 0.05) is 16.8 Å². The Labute approximate surface area is 219 Å². The van der Waals surface area contributed by atoms with Crippen molar-refractivity contribution in [3.8, 4) is 34.3 Å². The number of hydrogen-bond acceptors (Lipinski definition) is 8. The number of hydrogen-bond donors (Lipinski definition) is 1. The van der Waals surface area contributed by atoms with Crippen LogP contribution >= 0.6 is 11.8 Å². The summed E-state index contributed by atoms with van der Waals surface area (Å²) in [5.41, 5.74) is 5.04. The van der Waals surface area contributed by atoms with Crippen LogP contribution in [0, 0.1) is 0 Å². The van der Waals surface area contributed by atoms with Gasteiger partial charge in [0.25, 0.3) is 5.91 Å². The Kier molecular flexibility index (Phi) is 8.77. The van der Waals surface area contributed by atoms with E-state index in [1.54, 1.807) is 20.4 Å². The molecular formula is C27H27N5O4S. The van der Waals surface area contributed by atoms with Crippen molar-refractivity contribution in [2.24, 2.45) is 5.10 Å². The van der Waals surface area contributed by atoms with Crippen LogP contribution in [0.15, 0.2) is 83.1 Å². The summed E-state index contributed by atoms with van der Waals surface area (Å²) in [7, 11) is 3.24. The first kappa shape index (κ1) is 25.8. The molecule has 0 saturated carbocycles. The molecule has 4 rings (SSSR count). The Morgan fingerprint density at radius 3 is 2.32 bits per heavy atom. The lowest BCUT2D eigenvalue weighted by atomic mass is 10.2. The standard InChI is InChI=1S/C27H27N5O4S/c1-4-36-24-8-6-5-7-20(24)17-28-29-25(33)18-37-27-31-30-26(19-9-13-22(34-2)14-10-19)32(27)21-11-15-23(35-3)16-12-21/h5-17H,4,18H2,1-3H3,(H,29,33)/b28-17-. The average molecular weight is 518 g/mol. The number of hydrazone groups is 1. The average Bonchev–Trinajstić information content (AvgIpc) is 3.37.